The SMILES string of the molecule is Cc1c(CN2CCN(Cc3cccs3)[C@H](CCO)C2)c(=O)n(-c2ccccc2)n1C. The van der Waals surface area contributed by atoms with Crippen molar-refractivity contribution in [3.8, 4) is 5.69 Å². The predicted molar refractivity (Wildman–Crippen MR) is 121 cm³/mol. The van der Waals surface area contributed by atoms with E-state index in [1.54, 1.807) is 16.0 Å². The van der Waals surface area contributed by atoms with E-state index < -0.39 is 0 Å². The van der Waals surface area contributed by atoms with Gasteiger partial charge >= 0.3 is 0 Å². The normalized spacial score (nSPS) is 18.2. The fourth-order valence-electron chi connectivity index (χ4n) is 4.36. The van der Waals surface area contributed by atoms with Gasteiger partial charge in [0.1, 0.15) is 0 Å². The maximum atomic E-state index is 13.2. The third-order valence-corrected chi connectivity index (χ3v) is 7.01. The Labute approximate surface area is 181 Å². The zero-order chi connectivity index (χ0) is 21.1. The molecule has 7 heteroatoms. The Morgan fingerprint density at radius 1 is 1.10 bits per heavy atom. The van der Waals surface area contributed by atoms with E-state index in [-0.39, 0.29) is 12.2 Å². The lowest BCUT2D eigenvalue weighted by atomic mass is 10.1. The molecular weight excluding hydrogens is 396 g/mol. The van der Waals surface area contributed by atoms with Crippen molar-refractivity contribution >= 4 is 11.3 Å². The molecular formula is C23H30N4O2S. The Morgan fingerprint density at radius 2 is 1.90 bits per heavy atom. The van der Waals surface area contributed by atoms with Gasteiger partial charge in [0, 0.05) is 63.0 Å². The molecule has 0 spiro atoms. The van der Waals surface area contributed by atoms with Gasteiger partial charge in [-0.1, -0.05) is 24.3 Å². The van der Waals surface area contributed by atoms with Gasteiger partial charge in [-0.25, -0.2) is 4.68 Å². The standard InChI is InChI=1S/C23H30N4O2S/c1-18-22(23(29)27(24(18)2)19-7-4-3-5-8-19)17-25-11-12-26(20(15-25)10-13-28)16-21-9-6-14-30-21/h3-9,14,20,28H,10-13,15-17H2,1-2H3/t20-/m1/s1. The Hall–Kier alpha value is -2.19. The molecule has 0 radical (unpaired) electrons. The summed E-state index contributed by atoms with van der Waals surface area (Å²) in [4.78, 5) is 19.4. The summed E-state index contributed by atoms with van der Waals surface area (Å²) in [6, 6.07) is 14.4. The lowest BCUT2D eigenvalue weighted by Crippen LogP contribution is -2.52. The van der Waals surface area contributed by atoms with Crippen LogP contribution in [-0.4, -0.2) is 56.6 Å². The van der Waals surface area contributed by atoms with E-state index in [4.69, 9.17) is 0 Å². The fourth-order valence-corrected chi connectivity index (χ4v) is 5.09. The van der Waals surface area contributed by atoms with Gasteiger partial charge in [-0.05, 0) is 36.9 Å². The summed E-state index contributed by atoms with van der Waals surface area (Å²) in [5.41, 5.74) is 2.80. The number of rotatable bonds is 7. The Kier molecular flexibility index (Phi) is 6.53. The molecule has 1 atom stereocenters. The molecule has 1 N–H and O–H groups in total. The molecule has 30 heavy (non-hydrogen) atoms. The fraction of sp³-hybridized carbons (Fsp3) is 0.435. The van der Waals surface area contributed by atoms with Crippen molar-refractivity contribution in [1.82, 2.24) is 19.2 Å². The van der Waals surface area contributed by atoms with Crippen LogP contribution in [0.2, 0.25) is 0 Å². The van der Waals surface area contributed by atoms with Crippen LogP contribution in [-0.2, 0) is 20.1 Å². The van der Waals surface area contributed by atoms with Crippen LogP contribution < -0.4 is 5.56 Å². The first-order valence-electron chi connectivity index (χ1n) is 10.5. The number of aromatic nitrogens is 2. The highest BCUT2D eigenvalue weighted by atomic mass is 32.1. The number of thiophene rings is 1. The van der Waals surface area contributed by atoms with E-state index in [1.165, 1.54) is 4.88 Å². The largest absolute Gasteiger partial charge is 0.396 e. The monoisotopic (exact) mass is 426 g/mol. The Balaban J connectivity index is 1.52. The highest BCUT2D eigenvalue weighted by molar-refractivity contribution is 7.09. The predicted octanol–water partition coefficient (Wildman–Crippen LogP) is 2.61. The van der Waals surface area contributed by atoms with Gasteiger partial charge in [0.15, 0.2) is 0 Å². The molecule has 0 saturated carbocycles. The Bertz CT molecular complexity index is 1010. The lowest BCUT2D eigenvalue weighted by Gasteiger charge is -2.41. The minimum atomic E-state index is 0.0564. The number of aliphatic hydroxyl groups excluding tert-OH is 1. The maximum Gasteiger partial charge on any atom is 0.276 e. The number of hydrogen-bond donors (Lipinski definition) is 1. The van der Waals surface area contributed by atoms with E-state index in [0.29, 0.717) is 12.6 Å². The number of benzene rings is 1. The summed E-state index contributed by atoms with van der Waals surface area (Å²) in [6.07, 6.45) is 0.754. The van der Waals surface area contributed by atoms with Crippen molar-refractivity contribution in [2.45, 2.75) is 32.5 Å². The lowest BCUT2D eigenvalue weighted by molar-refractivity contribution is 0.0504. The topological polar surface area (TPSA) is 53.6 Å². The molecule has 1 aliphatic heterocycles. The van der Waals surface area contributed by atoms with Gasteiger partial charge in [0.05, 0.1) is 11.3 Å². The van der Waals surface area contributed by atoms with E-state index in [1.807, 2.05) is 49.0 Å². The van der Waals surface area contributed by atoms with Crippen molar-refractivity contribution in [2.24, 2.45) is 7.05 Å². The zero-order valence-electron chi connectivity index (χ0n) is 17.7. The summed E-state index contributed by atoms with van der Waals surface area (Å²) in [6.45, 7) is 6.52. The zero-order valence-corrected chi connectivity index (χ0v) is 18.5. The summed E-state index contributed by atoms with van der Waals surface area (Å²) in [5.74, 6) is 0. The molecule has 4 rings (SSSR count). The smallest absolute Gasteiger partial charge is 0.276 e. The van der Waals surface area contributed by atoms with Crippen LogP contribution in [0.3, 0.4) is 0 Å². The van der Waals surface area contributed by atoms with Crippen molar-refractivity contribution in [3.63, 3.8) is 0 Å². The molecule has 6 nitrogen and oxygen atoms in total. The molecule has 0 amide bonds. The first-order valence-corrected chi connectivity index (χ1v) is 11.4. The molecule has 0 unspecified atom stereocenters. The third kappa shape index (κ3) is 4.30. The minimum absolute atomic E-state index is 0.0564. The summed E-state index contributed by atoms with van der Waals surface area (Å²) < 4.78 is 3.70. The second-order valence-corrected chi connectivity index (χ2v) is 9.02. The minimum Gasteiger partial charge on any atom is -0.396 e. The maximum absolute atomic E-state index is 13.2. The van der Waals surface area contributed by atoms with E-state index >= 15 is 0 Å². The van der Waals surface area contributed by atoms with E-state index in [2.05, 4.69) is 27.3 Å². The highest BCUT2D eigenvalue weighted by Gasteiger charge is 2.28. The van der Waals surface area contributed by atoms with Gasteiger partial charge in [-0.2, -0.15) is 0 Å². The van der Waals surface area contributed by atoms with Crippen molar-refractivity contribution in [3.05, 3.63) is 74.3 Å². The van der Waals surface area contributed by atoms with Crippen LogP contribution >= 0.6 is 11.3 Å². The number of aliphatic hydroxyl groups is 1. The molecule has 1 aliphatic rings. The molecule has 1 aromatic carbocycles. The number of piperazine rings is 1. The van der Waals surface area contributed by atoms with E-state index in [0.717, 1.165) is 49.5 Å². The van der Waals surface area contributed by atoms with Crippen molar-refractivity contribution < 1.29 is 5.11 Å². The van der Waals surface area contributed by atoms with Gasteiger partial charge in [0.25, 0.3) is 5.56 Å². The molecule has 3 heterocycles. The van der Waals surface area contributed by atoms with Crippen LogP contribution in [0.1, 0.15) is 22.6 Å². The summed E-state index contributed by atoms with van der Waals surface area (Å²) in [5, 5.41) is 11.7. The highest BCUT2D eigenvalue weighted by Crippen LogP contribution is 2.21. The average molecular weight is 427 g/mol. The van der Waals surface area contributed by atoms with Crippen molar-refractivity contribution in [2.75, 3.05) is 26.2 Å². The molecule has 160 valence electrons. The van der Waals surface area contributed by atoms with Gasteiger partial charge < -0.3 is 5.11 Å². The molecule has 0 bridgehead atoms. The molecule has 3 aromatic rings. The second kappa shape index (κ2) is 9.31. The third-order valence-electron chi connectivity index (χ3n) is 6.15. The van der Waals surface area contributed by atoms with Gasteiger partial charge in [-0.15, -0.1) is 11.3 Å². The summed E-state index contributed by atoms with van der Waals surface area (Å²) in [7, 11) is 1.95. The molecule has 2 aromatic heterocycles. The van der Waals surface area contributed by atoms with Gasteiger partial charge in [0.2, 0.25) is 0 Å². The quantitative estimate of drug-likeness (QED) is 0.631. The molecule has 1 saturated heterocycles. The van der Waals surface area contributed by atoms with E-state index in [9.17, 15) is 9.90 Å². The van der Waals surface area contributed by atoms with Crippen LogP contribution in [0, 0.1) is 6.92 Å². The number of hydrogen-bond acceptors (Lipinski definition) is 5. The Morgan fingerprint density at radius 3 is 2.60 bits per heavy atom. The molecule has 1 fully saturated rings. The average Bonchev–Trinajstić information content (AvgIpc) is 3.33. The van der Waals surface area contributed by atoms with Gasteiger partial charge in [-0.3, -0.25) is 19.3 Å². The molecule has 0 aliphatic carbocycles. The van der Waals surface area contributed by atoms with Crippen LogP contribution in [0.4, 0.5) is 0 Å². The first kappa shape index (κ1) is 21.1. The number of para-hydroxylation sites is 1. The number of nitrogens with zero attached hydrogens (tertiary/aromatic N) is 4. The van der Waals surface area contributed by atoms with Crippen LogP contribution in [0.25, 0.3) is 5.69 Å². The van der Waals surface area contributed by atoms with Crippen LogP contribution in [0.5, 0.6) is 0 Å². The van der Waals surface area contributed by atoms with Crippen LogP contribution in [0.15, 0.2) is 52.6 Å². The first-order chi connectivity index (χ1) is 14.6. The second-order valence-electron chi connectivity index (χ2n) is 7.99. The van der Waals surface area contributed by atoms with Crippen molar-refractivity contribution in [1.29, 1.82) is 0 Å². The summed E-state index contributed by atoms with van der Waals surface area (Å²) >= 11 is 1.78.